The normalized spacial score (nSPS) is 11.9. The molecule has 1 rings (SSSR count). The molecular weight excluding hydrogens is 262 g/mol. The van der Waals surface area contributed by atoms with Crippen LogP contribution >= 0.6 is 12.6 Å². The van der Waals surface area contributed by atoms with Gasteiger partial charge in [0.05, 0.1) is 27.5 Å². The van der Waals surface area contributed by atoms with Gasteiger partial charge in [-0.25, -0.2) is 0 Å². The number of hydrogen-bond donors (Lipinski definition) is 2. The zero-order valence-electron chi connectivity index (χ0n) is 8.98. The summed E-state index contributed by atoms with van der Waals surface area (Å²) in [6, 6.07) is 1.79. The fourth-order valence-corrected chi connectivity index (χ4v) is 1.44. The number of Topliss-reactive ketones (excluding diaryl/α,β-unsaturated/α-hetero) is 1. The Kier molecular flexibility index (Phi) is 4.34. The summed E-state index contributed by atoms with van der Waals surface area (Å²) in [5.74, 6) is -0.654. The van der Waals surface area contributed by atoms with Crippen molar-refractivity contribution in [2.24, 2.45) is 5.73 Å². The number of nitrogens with zero attached hydrogens (tertiary/aromatic N) is 2. The lowest BCUT2D eigenvalue weighted by atomic mass is 10.0. The van der Waals surface area contributed by atoms with Gasteiger partial charge in [-0.2, -0.15) is 12.6 Å². The van der Waals surface area contributed by atoms with Crippen LogP contribution in [0.25, 0.3) is 0 Å². The molecule has 2 N–H and O–H groups in total. The first-order valence-corrected chi connectivity index (χ1v) is 5.35. The van der Waals surface area contributed by atoms with E-state index in [0.717, 1.165) is 18.2 Å². The van der Waals surface area contributed by atoms with Gasteiger partial charge in [-0.15, -0.1) is 0 Å². The molecule has 0 aliphatic rings. The summed E-state index contributed by atoms with van der Waals surface area (Å²) in [7, 11) is 0. The zero-order chi connectivity index (χ0) is 13.9. The van der Waals surface area contributed by atoms with E-state index < -0.39 is 33.0 Å². The molecule has 0 bridgehead atoms. The van der Waals surface area contributed by atoms with Gasteiger partial charge in [0.25, 0.3) is 11.4 Å². The lowest BCUT2D eigenvalue weighted by molar-refractivity contribution is -0.394. The van der Waals surface area contributed by atoms with Crippen LogP contribution in [0.2, 0.25) is 0 Å². The van der Waals surface area contributed by atoms with Crippen molar-refractivity contribution in [1.29, 1.82) is 0 Å². The molecule has 0 aliphatic heterocycles. The van der Waals surface area contributed by atoms with Crippen molar-refractivity contribution >= 4 is 29.8 Å². The molecule has 0 saturated heterocycles. The Morgan fingerprint density at radius 2 is 1.94 bits per heavy atom. The third kappa shape index (κ3) is 2.81. The summed E-state index contributed by atoms with van der Waals surface area (Å²) in [6.45, 7) is 0. The predicted molar refractivity (Wildman–Crippen MR) is 65.9 cm³/mol. The molecule has 0 aromatic heterocycles. The highest BCUT2D eigenvalue weighted by atomic mass is 32.1. The lowest BCUT2D eigenvalue weighted by Gasteiger charge is -2.07. The number of non-ortho nitro benzene ring substituents is 1. The van der Waals surface area contributed by atoms with Crippen molar-refractivity contribution in [2.75, 3.05) is 5.75 Å². The molecule has 96 valence electrons. The lowest BCUT2D eigenvalue weighted by Crippen LogP contribution is -2.32. The molecule has 1 atom stereocenters. The first kappa shape index (κ1) is 14.1. The van der Waals surface area contributed by atoms with E-state index in [1.807, 2.05) is 0 Å². The van der Waals surface area contributed by atoms with Gasteiger partial charge in [-0.05, 0) is 6.07 Å². The zero-order valence-corrected chi connectivity index (χ0v) is 9.87. The van der Waals surface area contributed by atoms with Crippen LogP contribution in [0.1, 0.15) is 10.4 Å². The number of carbonyl (C=O) groups is 1. The molecular formula is C9H9N3O5S. The van der Waals surface area contributed by atoms with Crippen molar-refractivity contribution in [2.45, 2.75) is 6.04 Å². The summed E-state index contributed by atoms with van der Waals surface area (Å²) >= 11 is 3.82. The molecule has 0 unspecified atom stereocenters. The van der Waals surface area contributed by atoms with Crippen molar-refractivity contribution < 1.29 is 14.6 Å². The minimum atomic E-state index is -0.992. The minimum absolute atomic E-state index is 0.0208. The molecule has 0 heterocycles. The number of carbonyl (C=O) groups excluding carboxylic acids is 1. The van der Waals surface area contributed by atoms with Crippen LogP contribution in [0.4, 0.5) is 11.4 Å². The van der Waals surface area contributed by atoms with Crippen LogP contribution in [0, 0.1) is 20.2 Å². The number of thiol groups is 1. The van der Waals surface area contributed by atoms with Gasteiger partial charge < -0.3 is 5.73 Å². The first-order valence-electron chi connectivity index (χ1n) is 4.72. The van der Waals surface area contributed by atoms with Crippen LogP contribution in [-0.4, -0.2) is 27.4 Å². The number of nitrogens with two attached hydrogens (primary N) is 1. The minimum Gasteiger partial charge on any atom is -0.321 e. The summed E-state index contributed by atoms with van der Waals surface area (Å²) in [5, 5.41) is 21.3. The van der Waals surface area contributed by atoms with E-state index >= 15 is 0 Å². The van der Waals surface area contributed by atoms with Crippen LogP contribution in [0.3, 0.4) is 0 Å². The van der Waals surface area contributed by atoms with E-state index in [1.54, 1.807) is 0 Å². The van der Waals surface area contributed by atoms with Crippen LogP contribution in [-0.2, 0) is 0 Å². The number of nitro groups is 2. The van der Waals surface area contributed by atoms with Gasteiger partial charge in [0.15, 0.2) is 5.78 Å². The molecule has 9 heteroatoms. The summed E-state index contributed by atoms with van der Waals surface area (Å²) in [6.07, 6.45) is 0. The fourth-order valence-electron chi connectivity index (χ4n) is 1.28. The molecule has 0 spiro atoms. The molecule has 1 aromatic carbocycles. The SMILES string of the molecule is N[C@@H](CS)C(=O)c1ccc([N+](=O)[O-])cc1[N+](=O)[O-]. The molecule has 0 radical (unpaired) electrons. The van der Waals surface area contributed by atoms with E-state index in [4.69, 9.17) is 5.73 Å². The van der Waals surface area contributed by atoms with Gasteiger partial charge in [0, 0.05) is 11.8 Å². The number of nitro benzene ring substituents is 2. The second kappa shape index (κ2) is 5.56. The largest absolute Gasteiger partial charge is 0.321 e. The van der Waals surface area contributed by atoms with E-state index in [9.17, 15) is 25.0 Å². The average Bonchev–Trinajstić information content (AvgIpc) is 2.35. The smallest absolute Gasteiger partial charge is 0.287 e. The number of ketones is 1. The topological polar surface area (TPSA) is 129 Å². The average molecular weight is 271 g/mol. The number of benzene rings is 1. The Morgan fingerprint density at radius 3 is 2.39 bits per heavy atom. The van der Waals surface area contributed by atoms with Gasteiger partial charge in [0.1, 0.15) is 0 Å². The standard InChI is InChI=1S/C9H9N3O5S/c10-7(4-18)9(13)6-2-1-5(11(14)15)3-8(6)12(16)17/h1-3,7,18H,4,10H2/t7-/m0/s1. The number of rotatable bonds is 5. The highest BCUT2D eigenvalue weighted by molar-refractivity contribution is 7.80. The van der Waals surface area contributed by atoms with E-state index in [1.165, 1.54) is 0 Å². The van der Waals surface area contributed by atoms with Gasteiger partial charge >= 0.3 is 0 Å². The Morgan fingerprint density at radius 1 is 1.33 bits per heavy atom. The van der Waals surface area contributed by atoms with Crippen molar-refractivity contribution in [1.82, 2.24) is 0 Å². The Balaban J connectivity index is 3.32. The van der Waals surface area contributed by atoms with E-state index in [2.05, 4.69) is 12.6 Å². The molecule has 8 nitrogen and oxygen atoms in total. The number of hydrogen-bond acceptors (Lipinski definition) is 7. The second-order valence-electron chi connectivity index (χ2n) is 3.37. The second-order valence-corrected chi connectivity index (χ2v) is 3.73. The predicted octanol–water partition coefficient (Wildman–Crippen LogP) is 0.943. The van der Waals surface area contributed by atoms with E-state index in [-0.39, 0.29) is 11.3 Å². The molecule has 0 amide bonds. The molecule has 0 fully saturated rings. The highest BCUT2D eigenvalue weighted by Crippen LogP contribution is 2.25. The van der Waals surface area contributed by atoms with Crippen molar-refractivity contribution in [3.63, 3.8) is 0 Å². The van der Waals surface area contributed by atoms with Gasteiger partial charge in [0.2, 0.25) is 0 Å². The molecule has 0 aliphatic carbocycles. The monoisotopic (exact) mass is 271 g/mol. The van der Waals surface area contributed by atoms with Crippen LogP contribution < -0.4 is 5.73 Å². The third-order valence-corrected chi connectivity index (χ3v) is 2.58. The first-order chi connectivity index (χ1) is 8.38. The maximum atomic E-state index is 11.7. The van der Waals surface area contributed by atoms with E-state index in [0.29, 0.717) is 0 Å². The van der Waals surface area contributed by atoms with Crippen molar-refractivity contribution in [3.05, 3.63) is 44.0 Å². The summed E-state index contributed by atoms with van der Waals surface area (Å²) in [5.41, 5.74) is 4.08. The summed E-state index contributed by atoms with van der Waals surface area (Å²) < 4.78 is 0. The Bertz CT molecular complexity index is 519. The quantitative estimate of drug-likeness (QED) is 0.355. The van der Waals surface area contributed by atoms with Crippen LogP contribution in [0.5, 0.6) is 0 Å². The van der Waals surface area contributed by atoms with Crippen LogP contribution in [0.15, 0.2) is 18.2 Å². The maximum absolute atomic E-state index is 11.7. The fraction of sp³-hybridized carbons (Fsp3) is 0.222. The molecule has 0 saturated carbocycles. The maximum Gasteiger partial charge on any atom is 0.287 e. The van der Waals surface area contributed by atoms with Gasteiger partial charge in [-0.3, -0.25) is 25.0 Å². The Labute approximate surface area is 106 Å². The summed E-state index contributed by atoms with van der Waals surface area (Å²) in [4.78, 5) is 31.4. The molecule has 1 aromatic rings. The van der Waals surface area contributed by atoms with Gasteiger partial charge in [-0.1, -0.05) is 0 Å². The highest BCUT2D eigenvalue weighted by Gasteiger charge is 2.26. The van der Waals surface area contributed by atoms with Crippen molar-refractivity contribution in [3.8, 4) is 0 Å². The Hall–Kier alpha value is -2.00. The third-order valence-electron chi connectivity index (χ3n) is 2.19. The molecule has 18 heavy (non-hydrogen) atoms.